The first-order valence-corrected chi connectivity index (χ1v) is 6.78. The van der Waals surface area contributed by atoms with Gasteiger partial charge in [-0.3, -0.25) is 4.90 Å². The van der Waals surface area contributed by atoms with Crippen molar-refractivity contribution in [3.05, 3.63) is 24.3 Å². The predicted octanol–water partition coefficient (Wildman–Crippen LogP) is 0.477. The summed E-state index contributed by atoms with van der Waals surface area (Å²) in [6, 6.07) is 6.93. The van der Waals surface area contributed by atoms with Gasteiger partial charge < -0.3 is 14.8 Å². The Balaban J connectivity index is 1.78. The first-order chi connectivity index (χ1) is 8.96. The van der Waals surface area contributed by atoms with Gasteiger partial charge in [0.05, 0.1) is 0 Å². The number of rotatable bonds is 5. The van der Waals surface area contributed by atoms with Crippen LogP contribution in [0.5, 0.6) is 5.75 Å². The van der Waals surface area contributed by atoms with E-state index in [9.17, 15) is 0 Å². The molecule has 1 heterocycles. The minimum absolute atomic E-state index is 0.418. The molecule has 4 nitrogen and oxygen atoms in total. The Morgan fingerprint density at radius 3 is 2.79 bits per heavy atom. The van der Waals surface area contributed by atoms with E-state index in [0.29, 0.717) is 23.2 Å². The highest BCUT2D eigenvalue weighted by Gasteiger charge is 2.28. The van der Waals surface area contributed by atoms with E-state index in [0.717, 1.165) is 19.6 Å². The number of likely N-dealkylation sites (tertiary alicyclic amines) is 1. The molecule has 1 aliphatic heterocycles. The van der Waals surface area contributed by atoms with Crippen molar-refractivity contribution in [2.45, 2.75) is 20.3 Å². The molecule has 1 aliphatic rings. The van der Waals surface area contributed by atoms with Crippen molar-refractivity contribution >= 4 is 12.6 Å². The fraction of sp³-hybridized carbons (Fsp3) is 0.571. The van der Waals surface area contributed by atoms with Crippen LogP contribution in [0.15, 0.2) is 24.3 Å². The second-order valence-electron chi connectivity index (χ2n) is 5.98. The van der Waals surface area contributed by atoms with Crippen molar-refractivity contribution in [2.75, 3.05) is 26.2 Å². The van der Waals surface area contributed by atoms with Gasteiger partial charge in [-0.05, 0) is 36.0 Å². The maximum Gasteiger partial charge on any atom is 0.488 e. The van der Waals surface area contributed by atoms with Crippen LogP contribution in [-0.4, -0.2) is 48.3 Å². The fourth-order valence-electron chi connectivity index (χ4n) is 2.47. The summed E-state index contributed by atoms with van der Waals surface area (Å²) >= 11 is 0. The standard InChI is InChI=1S/C14H22BNO3/c1-14(2)6-7-16(11-14)8-9-19-13-5-3-4-12(10-13)15(17)18/h3-5,10,17-18H,6-9,11H2,1-2H3. The van der Waals surface area contributed by atoms with Gasteiger partial charge >= 0.3 is 7.12 Å². The summed E-state index contributed by atoms with van der Waals surface area (Å²) in [4.78, 5) is 2.41. The first kappa shape index (κ1) is 14.4. The molecule has 104 valence electrons. The summed E-state index contributed by atoms with van der Waals surface area (Å²) in [5.41, 5.74) is 0.876. The molecular formula is C14H22BNO3. The van der Waals surface area contributed by atoms with Crippen LogP contribution >= 0.6 is 0 Å². The molecule has 5 heteroatoms. The van der Waals surface area contributed by atoms with E-state index in [4.69, 9.17) is 14.8 Å². The zero-order valence-electron chi connectivity index (χ0n) is 11.7. The van der Waals surface area contributed by atoms with Gasteiger partial charge in [0.1, 0.15) is 12.4 Å². The first-order valence-electron chi connectivity index (χ1n) is 6.78. The highest BCUT2D eigenvalue weighted by molar-refractivity contribution is 6.58. The lowest BCUT2D eigenvalue weighted by atomic mass is 9.80. The van der Waals surface area contributed by atoms with Crippen molar-refractivity contribution < 1.29 is 14.8 Å². The lowest BCUT2D eigenvalue weighted by Crippen LogP contribution is -2.30. The zero-order chi connectivity index (χ0) is 13.9. The molecule has 0 unspecified atom stereocenters. The monoisotopic (exact) mass is 263 g/mol. The van der Waals surface area contributed by atoms with E-state index in [1.165, 1.54) is 6.42 Å². The van der Waals surface area contributed by atoms with Gasteiger partial charge in [0.25, 0.3) is 0 Å². The molecule has 1 saturated heterocycles. The second kappa shape index (κ2) is 5.95. The Hall–Kier alpha value is -1.04. The lowest BCUT2D eigenvalue weighted by molar-refractivity contribution is 0.222. The van der Waals surface area contributed by atoms with E-state index in [-0.39, 0.29) is 0 Å². The van der Waals surface area contributed by atoms with Crippen LogP contribution in [0.3, 0.4) is 0 Å². The van der Waals surface area contributed by atoms with Crippen LogP contribution in [0, 0.1) is 5.41 Å². The molecule has 1 aromatic carbocycles. The molecule has 1 fully saturated rings. The van der Waals surface area contributed by atoms with E-state index < -0.39 is 7.12 Å². The number of ether oxygens (including phenoxy) is 1. The summed E-state index contributed by atoms with van der Waals surface area (Å²) in [6.45, 7) is 8.37. The number of nitrogens with zero attached hydrogens (tertiary/aromatic N) is 1. The van der Waals surface area contributed by atoms with Crippen LogP contribution in [0.1, 0.15) is 20.3 Å². The van der Waals surface area contributed by atoms with Gasteiger partial charge in [0, 0.05) is 13.1 Å². The Kier molecular flexibility index (Phi) is 4.50. The predicted molar refractivity (Wildman–Crippen MR) is 76.6 cm³/mol. The third-order valence-corrected chi connectivity index (χ3v) is 3.59. The van der Waals surface area contributed by atoms with Gasteiger partial charge in [-0.25, -0.2) is 0 Å². The molecule has 0 radical (unpaired) electrons. The molecule has 2 N–H and O–H groups in total. The van der Waals surface area contributed by atoms with Crippen molar-refractivity contribution in [1.82, 2.24) is 4.90 Å². The maximum atomic E-state index is 9.10. The average molecular weight is 263 g/mol. The average Bonchev–Trinajstić information content (AvgIpc) is 2.69. The third-order valence-electron chi connectivity index (χ3n) is 3.59. The Morgan fingerprint density at radius 1 is 1.37 bits per heavy atom. The molecule has 1 aromatic rings. The number of benzene rings is 1. The Labute approximate surface area is 115 Å². The Bertz CT molecular complexity index is 423. The van der Waals surface area contributed by atoms with Crippen LogP contribution in [0.2, 0.25) is 0 Å². The van der Waals surface area contributed by atoms with Crippen molar-refractivity contribution in [2.24, 2.45) is 5.41 Å². The number of hydrogen-bond acceptors (Lipinski definition) is 4. The van der Waals surface area contributed by atoms with Crippen molar-refractivity contribution in [3.63, 3.8) is 0 Å². The molecule has 0 amide bonds. The van der Waals surface area contributed by atoms with Gasteiger partial charge in [-0.15, -0.1) is 0 Å². The van der Waals surface area contributed by atoms with Crippen molar-refractivity contribution in [3.8, 4) is 5.75 Å². The van der Waals surface area contributed by atoms with Crippen LogP contribution in [-0.2, 0) is 0 Å². The zero-order valence-corrected chi connectivity index (χ0v) is 11.7. The summed E-state index contributed by atoms with van der Waals surface area (Å²) in [7, 11) is -1.44. The van der Waals surface area contributed by atoms with Crippen LogP contribution in [0.4, 0.5) is 0 Å². The van der Waals surface area contributed by atoms with Crippen LogP contribution < -0.4 is 10.2 Å². The molecule has 0 atom stereocenters. The van der Waals surface area contributed by atoms with Crippen LogP contribution in [0.25, 0.3) is 0 Å². The smallest absolute Gasteiger partial charge is 0.488 e. The minimum atomic E-state index is -1.44. The Morgan fingerprint density at radius 2 is 2.16 bits per heavy atom. The molecule has 2 rings (SSSR count). The third kappa shape index (κ3) is 4.23. The number of hydrogen-bond donors (Lipinski definition) is 2. The van der Waals surface area contributed by atoms with Gasteiger partial charge in [0.2, 0.25) is 0 Å². The molecule has 0 aliphatic carbocycles. The summed E-state index contributed by atoms with van der Waals surface area (Å²) in [5, 5.41) is 18.2. The van der Waals surface area contributed by atoms with Gasteiger partial charge in [-0.2, -0.15) is 0 Å². The van der Waals surface area contributed by atoms with E-state index in [2.05, 4.69) is 18.7 Å². The van der Waals surface area contributed by atoms with E-state index in [1.54, 1.807) is 18.2 Å². The summed E-state index contributed by atoms with van der Waals surface area (Å²) in [5.74, 6) is 0.684. The topological polar surface area (TPSA) is 52.9 Å². The second-order valence-corrected chi connectivity index (χ2v) is 5.98. The highest BCUT2D eigenvalue weighted by atomic mass is 16.5. The molecule has 19 heavy (non-hydrogen) atoms. The molecule has 0 aromatic heterocycles. The van der Waals surface area contributed by atoms with Gasteiger partial charge in [0.15, 0.2) is 0 Å². The minimum Gasteiger partial charge on any atom is -0.492 e. The SMILES string of the molecule is CC1(C)CCN(CCOc2cccc(B(O)O)c2)C1. The van der Waals surface area contributed by atoms with Crippen molar-refractivity contribution in [1.29, 1.82) is 0 Å². The normalized spacial score (nSPS) is 18.5. The molecular weight excluding hydrogens is 241 g/mol. The molecule has 0 saturated carbocycles. The summed E-state index contributed by atoms with van der Waals surface area (Å²) in [6.07, 6.45) is 1.24. The van der Waals surface area contributed by atoms with Gasteiger partial charge in [-0.1, -0.05) is 26.0 Å². The largest absolute Gasteiger partial charge is 0.492 e. The fourth-order valence-corrected chi connectivity index (χ4v) is 2.47. The maximum absolute atomic E-state index is 9.10. The highest BCUT2D eigenvalue weighted by Crippen LogP contribution is 2.28. The van der Waals surface area contributed by atoms with E-state index >= 15 is 0 Å². The quantitative estimate of drug-likeness (QED) is 0.759. The van der Waals surface area contributed by atoms with E-state index in [1.807, 2.05) is 6.07 Å². The molecule has 0 bridgehead atoms. The lowest BCUT2D eigenvalue weighted by Gasteiger charge is -2.19. The summed E-state index contributed by atoms with van der Waals surface area (Å²) < 4.78 is 5.66. The molecule has 0 spiro atoms.